The largest absolute Gasteiger partial charge is 0.416 e. The van der Waals surface area contributed by atoms with Crippen molar-refractivity contribution in [1.29, 1.82) is 0 Å². The van der Waals surface area contributed by atoms with E-state index in [0.717, 1.165) is 5.56 Å². The highest BCUT2D eigenvalue weighted by atomic mass is 79.9. The van der Waals surface area contributed by atoms with Gasteiger partial charge in [-0.25, -0.2) is 0 Å². The monoisotopic (exact) mass is 345 g/mol. The zero-order valence-corrected chi connectivity index (χ0v) is 12.1. The molecular weight excluding hydrogens is 338 g/mol. The van der Waals surface area contributed by atoms with Crippen molar-refractivity contribution in [3.8, 4) is 22.9 Å². The molecule has 1 aromatic heterocycles. The van der Waals surface area contributed by atoms with Crippen LogP contribution in [0.25, 0.3) is 22.9 Å². The van der Waals surface area contributed by atoms with Crippen molar-refractivity contribution in [2.45, 2.75) is 0 Å². The fraction of sp³-hybridized carbons (Fsp3) is 0. The standard InChI is InChI=1S/C14H8BrN3O3/c15-10-6-7-12(18(19)20)11(8-10)14-17-16-13(21-14)9-4-2-1-3-5-9/h1-8H. The molecule has 3 rings (SSSR count). The van der Waals surface area contributed by atoms with Crippen LogP contribution in [0.4, 0.5) is 5.69 Å². The van der Waals surface area contributed by atoms with E-state index < -0.39 is 4.92 Å². The second kappa shape index (κ2) is 5.45. The number of hydrogen-bond donors (Lipinski definition) is 0. The van der Waals surface area contributed by atoms with Crippen LogP contribution in [0.2, 0.25) is 0 Å². The average molecular weight is 346 g/mol. The van der Waals surface area contributed by atoms with Crippen molar-refractivity contribution < 1.29 is 9.34 Å². The van der Waals surface area contributed by atoms with Gasteiger partial charge in [0.05, 0.1) is 4.92 Å². The first-order valence-electron chi connectivity index (χ1n) is 5.98. The summed E-state index contributed by atoms with van der Waals surface area (Å²) >= 11 is 3.28. The molecule has 21 heavy (non-hydrogen) atoms. The fourth-order valence-electron chi connectivity index (χ4n) is 1.87. The Bertz CT molecular complexity index is 802. The maximum absolute atomic E-state index is 11.1. The molecule has 0 bridgehead atoms. The highest BCUT2D eigenvalue weighted by Crippen LogP contribution is 2.33. The molecule has 0 radical (unpaired) electrons. The third kappa shape index (κ3) is 2.68. The quantitative estimate of drug-likeness (QED) is 0.527. The van der Waals surface area contributed by atoms with Crippen molar-refractivity contribution in [1.82, 2.24) is 10.2 Å². The van der Waals surface area contributed by atoms with Crippen molar-refractivity contribution in [3.63, 3.8) is 0 Å². The summed E-state index contributed by atoms with van der Waals surface area (Å²) in [6, 6.07) is 13.8. The highest BCUT2D eigenvalue weighted by molar-refractivity contribution is 9.10. The summed E-state index contributed by atoms with van der Waals surface area (Å²) in [5.74, 6) is 0.432. The Morgan fingerprint density at radius 1 is 1.05 bits per heavy atom. The predicted octanol–water partition coefficient (Wildman–Crippen LogP) is 4.07. The molecule has 7 heteroatoms. The number of nitro benzene ring substituents is 1. The summed E-state index contributed by atoms with van der Waals surface area (Å²) in [4.78, 5) is 10.6. The lowest BCUT2D eigenvalue weighted by Crippen LogP contribution is -1.92. The van der Waals surface area contributed by atoms with Gasteiger partial charge in [-0.3, -0.25) is 10.1 Å². The van der Waals surface area contributed by atoms with Gasteiger partial charge in [0.1, 0.15) is 5.56 Å². The van der Waals surface area contributed by atoms with Gasteiger partial charge in [-0.1, -0.05) is 34.1 Å². The Kier molecular flexibility index (Phi) is 3.49. The lowest BCUT2D eigenvalue weighted by atomic mass is 10.2. The summed E-state index contributed by atoms with van der Waals surface area (Å²) < 4.78 is 6.25. The molecule has 2 aromatic carbocycles. The number of nitrogens with zero attached hydrogens (tertiary/aromatic N) is 3. The number of nitro groups is 1. The minimum Gasteiger partial charge on any atom is -0.416 e. The van der Waals surface area contributed by atoms with E-state index >= 15 is 0 Å². The Labute approximate surface area is 127 Å². The van der Waals surface area contributed by atoms with Crippen LogP contribution in [-0.2, 0) is 0 Å². The number of rotatable bonds is 3. The van der Waals surface area contributed by atoms with Gasteiger partial charge in [-0.2, -0.15) is 0 Å². The maximum Gasteiger partial charge on any atom is 0.282 e. The molecule has 0 N–H and O–H groups in total. The van der Waals surface area contributed by atoms with Gasteiger partial charge in [0.25, 0.3) is 11.6 Å². The average Bonchev–Trinajstić information content (AvgIpc) is 2.97. The molecule has 0 aliphatic carbocycles. The van der Waals surface area contributed by atoms with Gasteiger partial charge in [-0.15, -0.1) is 10.2 Å². The Hall–Kier alpha value is -2.54. The molecule has 3 aromatic rings. The molecule has 104 valence electrons. The van der Waals surface area contributed by atoms with E-state index in [2.05, 4.69) is 26.1 Å². The first-order valence-corrected chi connectivity index (χ1v) is 6.77. The van der Waals surface area contributed by atoms with E-state index in [1.165, 1.54) is 6.07 Å². The first-order chi connectivity index (χ1) is 10.1. The van der Waals surface area contributed by atoms with Crippen molar-refractivity contribution in [2.24, 2.45) is 0 Å². The minimum atomic E-state index is -0.478. The number of halogens is 1. The van der Waals surface area contributed by atoms with Crippen LogP contribution >= 0.6 is 15.9 Å². The lowest BCUT2D eigenvalue weighted by molar-refractivity contribution is -0.384. The second-order valence-corrected chi connectivity index (χ2v) is 5.11. The smallest absolute Gasteiger partial charge is 0.282 e. The van der Waals surface area contributed by atoms with E-state index in [-0.39, 0.29) is 17.1 Å². The van der Waals surface area contributed by atoms with Crippen LogP contribution in [0.15, 0.2) is 57.4 Å². The third-order valence-corrected chi connectivity index (χ3v) is 3.32. The molecule has 6 nitrogen and oxygen atoms in total. The molecule has 0 spiro atoms. The molecule has 0 aliphatic heterocycles. The van der Waals surface area contributed by atoms with Gasteiger partial charge >= 0.3 is 0 Å². The third-order valence-electron chi connectivity index (χ3n) is 2.83. The summed E-state index contributed by atoms with van der Waals surface area (Å²) in [5.41, 5.74) is 0.958. The van der Waals surface area contributed by atoms with Crippen LogP contribution < -0.4 is 0 Å². The van der Waals surface area contributed by atoms with Gasteiger partial charge < -0.3 is 4.42 Å². The molecule has 0 saturated heterocycles. The van der Waals surface area contributed by atoms with Crippen LogP contribution in [0, 0.1) is 10.1 Å². The van der Waals surface area contributed by atoms with Crippen molar-refractivity contribution in [2.75, 3.05) is 0 Å². The molecule has 0 amide bonds. The van der Waals surface area contributed by atoms with Crippen LogP contribution in [0.1, 0.15) is 0 Å². The second-order valence-electron chi connectivity index (χ2n) is 4.20. The predicted molar refractivity (Wildman–Crippen MR) is 79.5 cm³/mol. The Morgan fingerprint density at radius 3 is 2.48 bits per heavy atom. The van der Waals surface area contributed by atoms with Crippen molar-refractivity contribution >= 4 is 21.6 Å². The van der Waals surface area contributed by atoms with E-state index in [9.17, 15) is 10.1 Å². The normalized spacial score (nSPS) is 10.5. The molecule has 0 saturated carbocycles. The summed E-state index contributed by atoms with van der Waals surface area (Å²) in [6.45, 7) is 0. The van der Waals surface area contributed by atoms with Crippen LogP contribution in [-0.4, -0.2) is 15.1 Å². The molecule has 0 atom stereocenters. The fourth-order valence-corrected chi connectivity index (χ4v) is 2.23. The van der Waals surface area contributed by atoms with Gasteiger partial charge in [0.2, 0.25) is 5.89 Å². The van der Waals surface area contributed by atoms with E-state index in [4.69, 9.17) is 4.42 Å². The maximum atomic E-state index is 11.1. The molecule has 0 aliphatic rings. The molecule has 0 fully saturated rings. The van der Waals surface area contributed by atoms with E-state index in [0.29, 0.717) is 10.4 Å². The first kappa shape index (κ1) is 13.4. The number of hydrogen-bond acceptors (Lipinski definition) is 5. The van der Waals surface area contributed by atoms with Gasteiger partial charge in [0.15, 0.2) is 0 Å². The van der Waals surface area contributed by atoms with E-state index in [1.807, 2.05) is 30.3 Å². The molecule has 1 heterocycles. The number of benzene rings is 2. The zero-order chi connectivity index (χ0) is 14.8. The summed E-state index contributed by atoms with van der Waals surface area (Å²) in [6.07, 6.45) is 0. The molecule has 0 unspecified atom stereocenters. The summed E-state index contributed by atoms with van der Waals surface area (Å²) in [5, 5.41) is 18.9. The van der Waals surface area contributed by atoms with Gasteiger partial charge in [-0.05, 0) is 24.3 Å². The van der Waals surface area contributed by atoms with Crippen molar-refractivity contribution in [3.05, 3.63) is 63.1 Å². The van der Waals surface area contributed by atoms with Gasteiger partial charge in [0, 0.05) is 16.1 Å². The minimum absolute atomic E-state index is 0.0820. The Morgan fingerprint density at radius 2 is 1.76 bits per heavy atom. The number of aromatic nitrogens is 2. The zero-order valence-electron chi connectivity index (χ0n) is 10.6. The molecular formula is C14H8BrN3O3. The van der Waals surface area contributed by atoms with Crippen LogP contribution in [0.3, 0.4) is 0 Å². The highest BCUT2D eigenvalue weighted by Gasteiger charge is 2.21. The lowest BCUT2D eigenvalue weighted by Gasteiger charge is -1.99. The Balaban J connectivity index is 2.08. The van der Waals surface area contributed by atoms with Crippen LogP contribution in [0.5, 0.6) is 0 Å². The topological polar surface area (TPSA) is 82.1 Å². The summed E-state index contributed by atoms with van der Waals surface area (Å²) in [7, 11) is 0. The SMILES string of the molecule is O=[N+]([O-])c1ccc(Br)cc1-c1nnc(-c2ccccc2)o1. The van der Waals surface area contributed by atoms with E-state index in [1.54, 1.807) is 12.1 Å².